The standard InChI is InChI=1S/C18H32O6/c1-11-18(12(19)22-15(2,3)4,13(20)23-16(5,6)7)14(21)24-17(8,9)10/h11H2,1-10H3. The fraction of sp³-hybridized carbons (Fsp3) is 0.833. The highest BCUT2D eigenvalue weighted by molar-refractivity contribution is 6.18. The van der Waals surface area contributed by atoms with E-state index in [4.69, 9.17) is 14.2 Å². The molecule has 24 heavy (non-hydrogen) atoms. The molecule has 6 heteroatoms. The van der Waals surface area contributed by atoms with Crippen molar-refractivity contribution in [3.63, 3.8) is 0 Å². The Morgan fingerprint density at radius 2 is 0.792 bits per heavy atom. The van der Waals surface area contributed by atoms with Gasteiger partial charge in [0.15, 0.2) is 0 Å². The lowest BCUT2D eigenvalue weighted by molar-refractivity contribution is -0.198. The summed E-state index contributed by atoms with van der Waals surface area (Å²) in [7, 11) is 0. The van der Waals surface area contributed by atoms with Gasteiger partial charge in [0.1, 0.15) is 16.8 Å². The average Bonchev–Trinajstić information content (AvgIpc) is 2.22. The first-order valence-electron chi connectivity index (χ1n) is 8.15. The summed E-state index contributed by atoms with van der Waals surface area (Å²) in [6, 6.07) is 0. The van der Waals surface area contributed by atoms with Crippen molar-refractivity contribution in [2.24, 2.45) is 5.41 Å². The molecule has 0 rings (SSSR count). The van der Waals surface area contributed by atoms with E-state index in [0.29, 0.717) is 0 Å². The third-order valence-electron chi connectivity index (χ3n) is 2.77. The molecule has 0 aliphatic rings. The summed E-state index contributed by atoms with van der Waals surface area (Å²) < 4.78 is 16.0. The van der Waals surface area contributed by atoms with Gasteiger partial charge in [-0.15, -0.1) is 0 Å². The summed E-state index contributed by atoms with van der Waals surface area (Å²) in [5.41, 5.74) is -4.72. The molecule has 0 aliphatic heterocycles. The van der Waals surface area contributed by atoms with Crippen molar-refractivity contribution in [3.8, 4) is 0 Å². The molecule has 0 atom stereocenters. The van der Waals surface area contributed by atoms with E-state index < -0.39 is 40.1 Å². The number of carbonyl (C=O) groups excluding carboxylic acids is 3. The summed E-state index contributed by atoms with van der Waals surface area (Å²) >= 11 is 0. The van der Waals surface area contributed by atoms with E-state index in [0.717, 1.165) is 0 Å². The van der Waals surface area contributed by atoms with E-state index in [9.17, 15) is 14.4 Å². The monoisotopic (exact) mass is 344 g/mol. The van der Waals surface area contributed by atoms with Crippen molar-refractivity contribution in [1.29, 1.82) is 0 Å². The first kappa shape index (κ1) is 22.4. The van der Waals surface area contributed by atoms with Crippen LogP contribution in [0.4, 0.5) is 0 Å². The van der Waals surface area contributed by atoms with Crippen LogP contribution in [0.15, 0.2) is 0 Å². The fourth-order valence-corrected chi connectivity index (χ4v) is 1.78. The van der Waals surface area contributed by atoms with Crippen LogP contribution < -0.4 is 0 Å². The zero-order chi connectivity index (χ0) is 19.6. The Labute approximate surface area is 145 Å². The lowest BCUT2D eigenvalue weighted by Crippen LogP contribution is -2.53. The van der Waals surface area contributed by atoms with Gasteiger partial charge in [-0.3, -0.25) is 14.4 Å². The van der Waals surface area contributed by atoms with Crippen molar-refractivity contribution in [2.75, 3.05) is 0 Å². The Bertz CT molecular complexity index is 416. The van der Waals surface area contributed by atoms with Gasteiger partial charge in [-0.05, 0) is 68.7 Å². The molecule has 0 saturated carbocycles. The minimum absolute atomic E-state index is 0.119. The maximum absolute atomic E-state index is 12.7. The van der Waals surface area contributed by atoms with Crippen LogP contribution in [0.3, 0.4) is 0 Å². The third-order valence-corrected chi connectivity index (χ3v) is 2.77. The minimum atomic E-state index is -2.14. The molecule has 0 amide bonds. The van der Waals surface area contributed by atoms with Gasteiger partial charge in [-0.1, -0.05) is 6.92 Å². The third kappa shape index (κ3) is 6.49. The fourth-order valence-electron chi connectivity index (χ4n) is 1.78. The van der Waals surface area contributed by atoms with Crippen LogP contribution in [0.2, 0.25) is 0 Å². The predicted octanol–water partition coefficient (Wildman–Crippen LogP) is 3.41. The largest absolute Gasteiger partial charge is 0.459 e. The number of carbonyl (C=O) groups is 3. The van der Waals surface area contributed by atoms with Crippen LogP contribution in [-0.2, 0) is 28.6 Å². The van der Waals surface area contributed by atoms with Gasteiger partial charge in [0.25, 0.3) is 5.41 Å². The molecule has 0 saturated heterocycles. The number of rotatable bonds is 4. The summed E-state index contributed by atoms with van der Waals surface area (Å²) in [5, 5.41) is 0. The predicted molar refractivity (Wildman–Crippen MR) is 90.3 cm³/mol. The second kappa shape index (κ2) is 7.11. The van der Waals surface area contributed by atoms with Crippen LogP contribution in [0.25, 0.3) is 0 Å². The number of hydrogen-bond acceptors (Lipinski definition) is 6. The van der Waals surface area contributed by atoms with Gasteiger partial charge in [-0.25, -0.2) is 0 Å². The zero-order valence-corrected chi connectivity index (χ0v) is 16.7. The van der Waals surface area contributed by atoms with Crippen LogP contribution >= 0.6 is 0 Å². The quantitative estimate of drug-likeness (QED) is 0.442. The Kier molecular flexibility index (Phi) is 6.64. The number of ether oxygens (including phenoxy) is 3. The highest BCUT2D eigenvalue weighted by Crippen LogP contribution is 2.33. The van der Waals surface area contributed by atoms with Crippen molar-refractivity contribution >= 4 is 17.9 Å². The number of hydrogen-bond donors (Lipinski definition) is 0. The normalized spacial score (nSPS) is 13.2. The zero-order valence-electron chi connectivity index (χ0n) is 16.7. The Morgan fingerprint density at radius 3 is 0.917 bits per heavy atom. The molecule has 0 aromatic carbocycles. The van der Waals surface area contributed by atoms with Crippen molar-refractivity contribution in [3.05, 3.63) is 0 Å². The molecule has 0 bridgehead atoms. The Morgan fingerprint density at radius 1 is 0.583 bits per heavy atom. The summed E-state index contributed by atoms with van der Waals surface area (Å²) in [6.07, 6.45) is -0.119. The van der Waals surface area contributed by atoms with Crippen molar-refractivity contribution in [2.45, 2.75) is 92.5 Å². The van der Waals surface area contributed by atoms with E-state index in [-0.39, 0.29) is 6.42 Å². The minimum Gasteiger partial charge on any atom is -0.459 e. The van der Waals surface area contributed by atoms with Crippen molar-refractivity contribution < 1.29 is 28.6 Å². The van der Waals surface area contributed by atoms with Gasteiger partial charge in [-0.2, -0.15) is 0 Å². The number of esters is 3. The Balaban J connectivity index is 5.99. The molecule has 140 valence electrons. The van der Waals surface area contributed by atoms with E-state index >= 15 is 0 Å². The molecule has 0 heterocycles. The van der Waals surface area contributed by atoms with Crippen molar-refractivity contribution in [1.82, 2.24) is 0 Å². The molecule has 0 aliphatic carbocycles. The summed E-state index contributed by atoms with van der Waals surface area (Å²) in [4.78, 5) is 38.2. The van der Waals surface area contributed by atoms with Crippen LogP contribution in [-0.4, -0.2) is 34.7 Å². The molecule has 0 aromatic heterocycles. The second-order valence-corrected chi connectivity index (χ2v) is 8.76. The molecular weight excluding hydrogens is 312 g/mol. The first-order valence-corrected chi connectivity index (χ1v) is 8.15. The van der Waals surface area contributed by atoms with Gasteiger partial charge in [0.05, 0.1) is 0 Å². The lowest BCUT2D eigenvalue weighted by atomic mass is 9.84. The van der Waals surface area contributed by atoms with E-state index in [1.54, 1.807) is 69.2 Å². The topological polar surface area (TPSA) is 78.9 Å². The first-order chi connectivity index (χ1) is 10.4. The lowest BCUT2D eigenvalue weighted by Gasteiger charge is -2.34. The molecule has 0 N–H and O–H groups in total. The summed E-state index contributed by atoms with van der Waals surface area (Å²) in [6.45, 7) is 16.5. The van der Waals surface area contributed by atoms with Gasteiger partial charge in [0, 0.05) is 0 Å². The van der Waals surface area contributed by atoms with Crippen LogP contribution in [0, 0.1) is 5.41 Å². The molecule has 0 aromatic rings. The van der Waals surface area contributed by atoms with Gasteiger partial charge >= 0.3 is 17.9 Å². The Hall–Kier alpha value is -1.59. The second-order valence-electron chi connectivity index (χ2n) is 8.76. The molecular formula is C18H32O6. The molecule has 0 unspecified atom stereocenters. The van der Waals surface area contributed by atoms with E-state index in [1.165, 1.54) is 0 Å². The molecule has 0 fully saturated rings. The van der Waals surface area contributed by atoms with Crippen LogP contribution in [0.5, 0.6) is 0 Å². The smallest absolute Gasteiger partial charge is 0.335 e. The molecule has 6 nitrogen and oxygen atoms in total. The van der Waals surface area contributed by atoms with E-state index in [2.05, 4.69) is 0 Å². The highest BCUT2D eigenvalue weighted by atomic mass is 16.6. The van der Waals surface area contributed by atoms with Gasteiger partial charge < -0.3 is 14.2 Å². The van der Waals surface area contributed by atoms with E-state index in [1.807, 2.05) is 0 Å². The average molecular weight is 344 g/mol. The maximum Gasteiger partial charge on any atom is 0.335 e. The van der Waals surface area contributed by atoms with Gasteiger partial charge in [0.2, 0.25) is 0 Å². The molecule has 0 spiro atoms. The maximum atomic E-state index is 12.7. The molecule has 0 radical (unpaired) electrons. The van der Waals surface area contributed by atoms with Crippen LogP contribution in [0.1, 0.15) is 75.7 Å². The SMILES string of the molecule is CCC(C(=O)OC(C)(C)C)(C(=O)OC(C)(C)C)C(=O)OC(C)(C)C. The summed E-state index contributed by atoms with van der Waals surface area (Å²) in [5.74, 6) is -2.87. The highest BCUT2D eigenvalue weighted by Gasteiger charge is 2.58.